The minimum Gasteiger partial charge on any atom is -0.211 e. The van der Waals surface area contributed by atoms with Gasteiger partial charge in [0.1, 0.15) is 0 Å². The number of carbonyl (C=O) groups excluding carboxylic acids is 2. The molecule has 6 heteroatoms. The summed E-state index contributed by atoms with van der Waals surface area (Å²) in [5.41, 5.74) is 0. The fourth-order valence-electron chi connectivity index (χ4n) is 0.242. The van der Waals surface area contributed by atoms with Gasteiger partial charge in [-0.2, -0.15) is 9.98 Å². The van der Waals surface area contributed by atoms with Gasteiger partial charge >= 0.3 is 0 Å². The molecule has 0 rings (SSSR count). The summed E-state index contributed by atoms with van der Waals surface area (Å²) in [5.74, 6) is 0. The van der Waals surface area contributed by atoms with Gasteiger partial charge in [-0.3, -0.25) is 0 Å². The van der Waals surface area contributed by atoms with Gasteiger partial charge in [0, 0.05) is 0 Å². The number of aliphatic imine (C=N–C) groups is 4. The molecule has 0 bridgehead atoms. The van der Waals surface area contributed by atoms with Crippen molar-refractivity contribution in [2.75, 3.05) is 13.3 Å². The Kier molecular flexibility index (Phi) is 22.1. The molecule has 0 fully saturated rings. The van der Waals surface area contributed by atoms with E-state index in [1.165, 1.54) is 12.2 Å². The van der Waals surface area contributed by atoms with Gasteiger partial charge in [-0.1, -0.05) is 14.9 Å². The summed E-state index contributed by atoms with van der Waals surface area (Å²) in [4.78, 5) is 31.9. The van der Waals surface area contributed by atoms with Crippen LogP contribution < -0.4 is 0 Å². The number of rotatable bonds is 4. The Morgan fingerprint density at radius 3 is 1.46 bits per heavy atom. The molecule has 0 aromatic carbocycles. The predicted octanol–water partition coefficient (Wildman–Crippen LogP) is 1.02. The Bertz CT molecular complexity index is 232. The topological polar surface area (TPSA) is 83.6 Å². The van der Waals surface area contributed by atoms with E-state index >= 15 is 0 Å². The van der Waals surface area contributed by atoms with Crippen LogP contribution in [0.25, 0.3) is 0 Å². The lowest BCUT2D eigenvalue weighted by molar-refractivity contribution is 0.562. The first-order chi connectivity index (χ1) is 5.41. The third kappa shape index (κ3) is 17.8. The van der Waals surface area contributed by atoms with E-state index in [0.29, 0.717) is 0 Å². The molecule has 0 aliphatic carbocycles. The Hall–Kier alpha value is -1.86. The SMILES string of the molecule is C.C.O=C=NCN=C=NCN=C=O. The average molecular weight is 184 g/mol. The molecule has 0 aromatic rings. The van der Waals surface area contributed by atoms with Crippen molar-refractivity contribution in [2.24, 2.45) is 20.0 Å². The zero-order valence-electron chi connectivity index (χ0n) is 5.52. The van der Waals surface area contributed by atoms with Crippen molar-refractivity contribution in [3.8, 4) is 0 Å². The quantitative estimate of drug-likeness (QED) is 0.482. The fraction of sp³-hybridized carbons (Fsp3) is 0.571. The van der Waals surface area contributed by atoms with E-state index in [1.807, 2.05) is 0 Å². The summed E-state index contributed by atoms with van der Waals surface area (Å²) in [7, 11) is 0. The predicted molar refractivity (Wildman–Crippen MR) is 49.3 cm³/mol. The van der Waals surface area contributed by atoms with Crippen molar-refractivity contribution >= 4 is 18.2 Å². The lowest BCUT2D eigenvalue weighted by atomic mass is 11.1. The van der Waals surface area contributed by atoms with Gasteiger partial charge in [-0.25, -0.2) is 19.6 Å². The molecule has 0 unspecified atom stereocenters. The number of nitrogens with zero attached hydrogens (tertiary/aromatic N) is 4. The highest BCUT2D eigenvalue weighted by Crippen LogP contribution is 1.67. The molecule has 6 nitrogen and oxygen atoms in total. The molecule has 0 saturated heterocycles. The Balaban J connectivity index is -0.000000500. The van der Waals surface area contributed by atoms with Crippen LogP contribution in [0.2, 0.25) is 0 Å². The summed E-state index contributed by atoms with van der Waals surface area (Å²) in [5, 5.41) is 0. The van der Waals surface area contributed by atoms with E-state index in [1.54, 1.807) is 0 Å². The van der Waals surface area contributed by atoms with Gasteiger partial charge < -0.3 is 0 Å². The third-order valence-corrected chi connectivity index (χ3v) is 0.553. The molecule has 0 N–H and O–H groups in total. The second kappa shape index (κ2) is 16.6. The first-order valence-corrected chi connectivity index (χ1v) is 2.57. The Labute approximate surface area is 76.8 Å². The zero-order chi connectivity index (χ0) is 8.36. The molecule has 72 valence electrons. The average Bonchev–Trinajstić information content (AvgIpc) is 2.03. The van der Waals surface area contributed by atoms with E-state index in [4.69, 9.17) is 0 Å². The highest BCUT2D eigenvalue weighted by atomic mass is 16.1. The van der Waals surface area contributed by atoms with Gasteiger partial charge in [0.05, 0.1) is 6.01 Å². The van der Waals surface area contributed by atoms with Crippen LogP contribution in [0.5, 0.6) is 0 Å². The van der Waals surface area contributed by atoms with Gasteiger partial charge in [-0.15, -0.1) is 0 Å². The van der Waals surface area contributed by atoms with Crippen LogP contribution in [0.1, 0.15) is 14.9 Å². The Morgan fingerprint density at radius 1 is 0.769 bits per heavy atom. The van der Waals surface area contributed by atoms with Crippen LogP contribution in [0.3, 0.4) is 0 Å². The molecular formula is C7H12N4O2. The largest absolute Gasteiger partial charge is 0.236 e. The molecule has 0 aromatic heterocycles. The first kappa shape index (κ1) is 17.3. The van der Waals surface area contributed by atoms with Crippen molar-refractivity contribution in [3.05, 3.63) is 0 Å². The maximum atomic E-state index is 9.46. The lowest BCUT2D eigenvalue weighted by Crippen LogP contribution is -1.72. The minimum absolute atomic E-state index is 0. The van der Waals surface area contributed by atoms with Gasteiger partial charge in [0.2, 0.25) is 12.2 Å². The monoisotopic (exact) mass is 184 g/mol. The maximum Gasteiger partial charge on any atom is 0.236 e. The van der Waals surface area contributed by atoms with Crippen molar-refractivity contribution in [3.63, 3.8) is 0 Å². The first-order valence-electron chi connectivity index (χ1n) is 2.57. The molecule has 0 radical (unpaired) electrons. The highest BCUT2D eigenvalue weighted by molar-refractivity contribution is 5.42. The summed E-state index contributed by atoms with van der Waals surface area (Å²) < 4.78 is 0. The normalized spacial score (nSPS) is 5.54. The van der Waals surface area contributed by atoms with Gasteiger partial charge in [0.15, 0.2) is 13.3 Å². The van der Waals surface area contributed by atoms with E-state index < -0.39 is 0 Å². The molecule has 0 aliphatic rings. The summed E-state index contributed by atoms with van der Waals surface area (Å²) in [6, 6.07) is 2.16. The van der Waals surface area contributed by atoms with Crippen molar-refractivity contribution in [2.45, 2.75) is 14.9 Å². The molecular weight excluding hydrogens is 172 g/mol. The molecule has 0 saturated carbocycles. The minimum atomic E-state index is -0.0577. The van der Waals surface area contributed by atoms with Crippen LogP contribution in [0.15, 0.2) is 20.0 Å². The lowest BCUT2D eigenvalue weighted by Gasteiger charge is -1.71. The highest BCUT2D eigenvalue weighted by Gasteiger charge is 1.67. The number of hydrogen-bond acceptors (Lipinski definition) is 6. The fourth-order valence-corrected chi connectivity index (χ4v) is 0.242. The van der Waals surface area contributed by atoms with Crippen LogP contribution in [-0.4, -0.2) is 31.5 Å². The number of hydrogen-bond donors (Lipinski definition) is 0. The molecule has 0 aliphatic heterocycles. The van der Waals surface area contributed by atoms with Crippen molar-refractivity contribution in [1.82, 2.24) is 0 Å². The smallest absolute Gasteiger partial charge is 0.211 e. The molecule has 13 heavy (non-hydrogen) atoms. The maximum absolute atomic E-state index is 9.46. The van der Waals surface area contributed by atoms with E-state index in [2.05, 4.69) is 26.0 Å². The zero-order valence-corrected chi connectivity index (χ0v) is 5.52. The van der Waals surface area contributed by atoms with Gasteiger partial charge in [-0.05, 0) is 0 Å². The molecule has 0 amide bonds. The van der Waals surface area contributed by atoms with Crippen molar-refractivity contribution in [1.29, 1.82) is 0 Å². The van der Waals surface area contributed by atoms with Crippen LogP contribution in [-0.2, 0) is 9.59 Å². The summed E-state index contributed by atoms with van der Waals surface area (Å²) >= 11 is 0. The van der Waals surface area contributed by atoms with E-state index in [9.17, 15) is 9.59 Å². The summed E-state index contributed by atoms with van der Waals surface area (Å²) in [6.45, 7) is -0.115. The van der Waals surface area contributed by atoms with E-state index in [0.717, 1.165) is 0 Å². The van der Waals surface area contributed by atoms with Crippen LogP contribution in [0, 0.1) is 0 Å². The van der Waals surface area contributed by atoms with Crippen LogP contribution in [0.4, 0.5) is 0 Å². The molecule has 0 heterocycles. The molecule has 0 atom stereocenters. The molecule has 0 spiro atoms. The second-order valence-electron chi connectivity index (χ2n) is 1.20. The standard InChI is InChI=1S/C5H4N4O2.2CH4/c10-4-8-2-6-1-7-3-9-5-11;;/h2-3H2;2*1H4. The van der Waals surface area contributed by atoms with Crippen LogP contribution >= 0.6 is 0 Å². The van der Waals surface area contributed by atoms with Gasteiger partial charge in [0.25, 0.3) is 0 Å². The Morgan fingerprint density at radius 2 is 1.15 bits per heavy atom. The van der Waals surface area contributed by atoms with Crippen molar-refractivity contribution < 1.29 is 9.59 Å². The third-order valence-electron chi connectivity index (χ3n) is 0.553. The summed E-state index contributed by atoms with van der Waals surface area (Å²) in [6.07, 6.45) is 2.57. The van der Waals surface area contributed by atoms with E-state index in [-0.39, 0.29) is 28.2 Å². The second-order valence-corrected chi connectivity index (χ2v) is 1.20. The number of isocyanates is 2.